The molecular weight excluding hydrogens is 352 g/mol. The largest absolute Gasteiger partial charge is 0.489 e. The Morgan fingerprint density at radius 3 is 2.43 bits per heavy atom. The minimum atomic E-state index is -0.192. The van der Waals surface area contributed by atoms with E-state index >= 15 is 0 Å². The maximum Gasteiger partial charge on any atom is 0.255 e. The first-order valence-electron chi connectivity index (χ1n) is 8.83. The van der Waals surface area contributed by atoms with Gasteiger partial charge in [0, 0.05) is 5.56 Å². The predicted molar refractivity (Wildman–Crippen MR) is 107 cm³/mol. The molecule has 0 radical (unpaired) electrons. The summed E-state index contributed by atoms with van der Waals surface area (Å²) in [5.74, 6) is 0.622. The van der Waals surface area contributed by atoms with Gasteiger partial charge in [-0.2, -0.15) is 0 Å². The van der Waals surface area contributed by atoms with Crippen LogP contribution in [-0.2, 0) is 6.61 Å². The van der Waals surface area contributed by atoms with Crippen LogP contribution in [0.5, 0.6) is 5.75 Å². The molecule has 1 heterocycles. The van der Waals surface area contributed by atoms with Gasteiger partial charge < -0.3 is 10.1 Å². The van der Waals surface area contributed by atoms with Gasteiger partial charge in [0.15, 0.2) is 0 Å². The summed E-state index contributed by atoms with van der Waals surface area (Å²) in [6.07, 6.45) is 3.32. The van der Waals surface area contributed by atoms with Gasteiger partial charge in [-0.05, 0) is 42.0 Å². The van der Waals surface area contributed by atoms with Crippen LogP contribution in [-0.4, -0.2) is 20.9 Å². The van der Waals surface area contributed by atoms with Crippen molar-refractivity contribution >= 4 is 11.6 Å². The lowest BCUT2D eigenvalue weighted by Gasteiger charge is -2.11. The zero-order valence-electron chi connectivity index (χ0n) is 15.0. The van der Waals surface area contributed by atoms with E-state index < -0.39 is 0 Å². The molecule has 0 aliphatic rings. The molecule has 0 bridgehead atoms. The van der Waals surface area contributed by atoms with Gasteiger partial charge in [0.1, 0.15) is 12.4 Å². The van der Waals surface area contributed by atoms with Crippen LogP contribution in [0.15, 0.2) is 91.3 Å². The third kappa shape index (κ3) is 4.07. The zero-order chi connectivity index (χ0) is 19.2. The molecule has 6 heteroatoms. The molecule has 1 aromatic heterocycles. The molecule has 0 saturated heterocycles. The fourth-order valence-electron chi connectivity index (χ4n) is 2.75. The van der Waals surface area contributed by atoms with E-state index in [1.54, 1.807) is 29.2 Å². The second kappa shape index (κ2) is 8.18. The van der Waals surface area contributed by atoms with Crippen LogP contribution >= 0.6 is 0 Å². The molecule has 4 aromatic rings. The van der Waals surface area contributed by atoms with Crippen LogP contribution in [0.3, 0.4) is 0 Å². The zero-order valence-corrected chi connectivity index (χ0v) is 15.0. The highest BCUT2D eigenvalue weighted by molar-refractivity contribution is 6.05. The number of anilines is 1. The molecule has 0 aliphatic carbocycles. The van der Waals surface area contributed by atoms with Crippen LogP contribution in [0.1, 0.15) is 15.9 Å². The molecule has 0 aliphatic heterocycles. The minimum Gasteiger partial charge on any atom is -0.489 e. The first-order valence-corrected chi connectivity index (χ1v) is 8.83. The number of nitrogens with zero attached hydrogens (tertiary/aromatic N) is 3. The van der Waals surface area contributed by atoms with Crippen LogP contribution in [0, 0.1) is 0 Å². The fraction of sp³-hybridized carbons (Fsp3) is 0.0455. The van der Waals surface area contributed by atoms with Gasteiger partial charge >= 0.3 is 0 Å². The van der Waals surface area contributed by atoms with E-state index in [9.17, 15) is 4.79 Å². The van der Waals surface area contributed by atoms with E-state index in [0.717, 1.165) is 17.0 Å². The molecule has 6 nitrogen and oxygen atoms in total. The van der Waals surface area contributed by atoms with Crippen LogP contribution in [0.4, 0.5) is 5.69 Å². The van der Waals surface area contributed by atoms with Gasteiger partial charge in [0.05, 0.1) is 23.8 Å². The van der Waals surface area contributed by atoms with Gasteiger partial charge in [-0.3, -0.25) is 4.79 Å². The fourth-order valence-corrected chi connectivity index (χ4v) is 2.75. The number of carbonyl (C=O) groups excluding carboxylic acids is 1. The molecule has 138 valence electrons. The summed E-state index contributed by atoms with van der Waals surface area (Å²) in [6, 6.07) is 24.4. The number of nitrogens with one attached hydrogen (secondary N) is 1. The lowest BCUT2D eigenvalue weighted by molar-refractivity contribution is 0.102. The van der Waals surface area contributed by atoms with Crippen molar-refractivity contribution in [2.75, 3.05) is 5.32 Å². The molecule has 3 aromatic carbocycles. The number of para-hydroxylation sites is 3. The van der Waals surface area contributed by atoms with Gasteiger partial charge in [-0.15, -0.1) is 5.10 Å². The number of hydrogen-bond donors (Lipinski definition) is 1. The quantitative estimate of drug-likeness (QED) is 0.555. The Morgan fingerprint density at radius 1 is 0.929 bits per heavy atom. The van der Waals surface area contributed by atoms with Crippen LogP contribution < -0.4 is 10.1 Å². The standard InChI is InChI=1S/C22H18N4O2/c27-22(24-20-8-4-5-9-21(20)26-15-14-23-25-26)18-12-10-17(11-13-18)16-28-19-6-2-1-3-7-19/h1-15H,16H2,(H,24,27). The maximum absolute atomic E-state index is 12.6. The first kappa shape index (κ1) is 17.5. The highest BCUT2D eigenvalue weighted by Crippen LogP contribution is 2.20. The normalized spacial score (nSPS) is 10.4. The summed E-state index contributed by atoms with van der Waals surface area (Å²) in [5, 5.41) is 10.7. The van der Waals surface area contributed by atoms with Crippen molar-refractivity contribution in [1.29, 1.82) is 0 Å². The second-order valence-corrected chi connectivity index (χ2v) is 6.12. The third-order valence-corrected chi connectivity index (χ3v) is 4.19. The number of aromatic nitrogens is 3. The Hall–Kier alpha value is -3.93. The molecule has 28 heavy (non-hydrogen) atoms. The minimum absolute atomic E-state index is 0.192. The molecule has 0 spiro atoms. The topological polar surface area (TPSA) is 69.0 Å². The highest BCUT2D eigenvalue weighted by atomic mass is 16.5. The SMILES string of the molecule is O=C(Nc1ccccc1-n1ccnn1)c1ccc(COc2ccccc2)cc1. The first-order chi connectivity index (χ1) is 13.8. The molecule has 1 amide bonds. The van der Waals surface area contributed by atoms with Crippen molar-refractivity contribution in [3.63, 3.8) is 0 Å². The molecule has 4 rings (SSSR count). The number of carbonyl (C=O) groups is 1. The Kier molecular flexibility index (Phi) is 5.11. The number of benzene rings is 3. The van der Waals surface area contributed by atoms with E-state index in [-0.39, 0.29) is 5.91 Å². The summed E-state index contributed by atoms with van der Waals surface area (Å²) in [5.41, 5.74) is 2.97. The molecule has 0 atom stereocenters. The molecular formula is C22H18N4O2. The Labute approximate surface area is 162 Å². The van der Waals surface area contributed by atoms with Gasteiger partial charge in [0.2, 0.25) is 0 Å². The lowest BCUT2D eigenvalue weighted by Crippen LogP contribution is -2.14. The van der Waals surface area contributed by atoms with Crippen molar-refractivity contribution in [2.24, 2.45) is 0 Å². The average molecular weight is 370 g/mol. The summed E-state index contributed by atoms with van der Waals surface area (Å²) < 4.78 is 7.34. The maximum atomic E-state index is 12.6. The number of rotatable bonds is 6. The Balaban J connectivity index is 1.43. The van der Waals surface area contributed by atoms with Crippen molar-refractivity contribution in [3.05, 3.63) is 102 Å². The van der Waals surface area contributed by atoms with E-state index in [2.05, 4.69) is 15.6 Å². The van der Waals surface area contributed by atoms with Crippen LogP contribution in [0.25, 0.3) is 5.69 Å². The van der Waals surface area contributed by atoms with E-state index in [1.165, 1.54) is 0 Å². The van der Waals surface area contributed by atoms with Crippen molar-refractivity contribution in [1.82, 2.24) is 15.0 Å². The summed E-state index contributed by atoms with van der Waals surface area (Å²) in [6.45, 7) is 0.445. The number of hydrogen-bond acceptors (Lipinski definition) is 4. The molecule has 0 saturated carbocycles. The molecule has 1 N–H and O–H groups in total. The van der Waals surface area contributed by atoms with E-state index in [1.807, 2.05) is 66.7 Å². The predicted octanol–water partition coefficient (Wildman–Crippen LogP) is 4.10. The Bertz CT molecular complexity index is 1050. The Morgan fingerprint density at radius 2 is 1.68 bits per heavy atom. The summed E-state index contributed by atoms with van der Waals surface area (Å²) in [4.78, 5) is 12.6. The lowest BCUT2D eigenvalue weighted by atomic mass is 10.1. The van der Waals surface area contributed by atoms with Crippen molar-refractivity contribution in [2.45, 2.75) is 6.61 Å². The van der Waals surface area contributed by atoms with E-state index in [0.29, 0.717) is 17.9 Å². The summed E-state index contributed by atoms with van der Waals surface area (Å²) >= 11 is 0. The van der Waals surface area contributed by atoms with Gasteiger partial charge in [-0.1, -0.05) is 47.7 Å². The smallest absolute Gasteiger partial charge is 0.255 e. The second-order valence-electron chi connectivity index (χ2n) is 6.12. The van der Waals surface area contributed by atoms with Crippen molar-refractivity contribution < 1.29 is 9.53 Å². The van der Waals surface area contributed by atoms with Crippen molar-refractivity contribution in [3.8, 4) is 11.4 Å². The average Bonchev–Trinajstić information content (AvgIpc) is 3.28. The summed E-state index contributed by atoms with van der Waals surface area (Å²) in [7, 11) is 0. The monoisotopic (exact) mass is 370 g/mol. The molecule has 0 fully saturated rings. The third-order valence-electron chi connectivity index (χ3n) is 4.19. The molecule has 0 unspecified atom stereocenters. The van der Waals surface area contributed by atoms with E-state index in [4.69, 9.17) is 4.74 Å². The van der Waals surface area contributed by atoms with Gasteiger partial charge in [0.25, 0.3) is 5.91 Å². The number of amides is 1. The van der Waals surface area contributed by atoms with Gasteiger partial charge in [-0.25, -0.2) is 4.68 Å². The van der Waals surface area contributed by atoms with Crippen LogP contribution in [0.2, 0.25) is 0 Å². The highest BCUT2D eigenvalue weighted by Gasteiger charge is 2.10. The number of ether oxygens (including phenoxy) is 1.